The molecule has 3 nitrogen and oxygen atoms in total. The minimum atomic E-state index is 0.137. The van der Waals surface area contributed by atoms with Gasteiger partial charge in [-0.25, -0.2) is 0 Å². The number of terminal acetylenes is 1. The molecule has 0 fully saturated rings. The van der Waals surface area contributed by atoms with Crippen molar-refractivity contribution in [3.63, 3.8) is 0 Å². The first kappa shape index (κ1) is 17.9. The van der Waals surface area contributed by atoms with Gasteiger partial charge in [0.05, 0.1) is 23.2 Å². The number of hydrogen-bond acceptors (Lipinski definition) is 3. The Balaban J connectivity index is 2.44. The maximum Gasteiger partial charge on any atom is 0.176 e. The molecule has 0 N–H and O–H groups in total. The van der Waals surface area contributed by atoms with Crippen molar-refractivity contribution >= 4 is 39.2 Å². The summed E-state index contributed by atoms with van der Waals surface area (Å²) in [6.45, 7) is 0.137. The molecule has 2 aromatic rings. The van der Waals surface area contributed by atoms with Gasteiger partial charge in [0.25, 0.3) is 0 Å². The van der Waals surface area contributed by atoms with Crippen molar-refractivity contribution in [1.82, 2.24) is 0 Å². The molecule has 0 bridgehead atoms. The zero-order valence-corrected chi connectivity index (χ0v) is 15.2. The predicted molar refractivity (Wildman–Crippen MR) is 100.0 cm³/mol. The summed E-state index contributed by atoms with van der Waals surface area (Å²) >= 11 is 9.33. The molecule has 0 saturated carbocycles. The van der Waals surface area contributed by atoms with Crippen LogP contribution in [0.25, 0.3) is 11.6 Å². The van der Waals surface area contributed by atoms with Crippen LogP contribution >= 0.6 is 27.5 Å². The quantitative estimate of drug-likeness (QED) is 0.393. The fourth-order valence-electron chi connectivity index (χ4n) is 2.05. The van der Waals surface area contributed by atoms with Gasteiger partial charge in [0.1, 0.15) is 6.61 Å². The highest BCUT2D eigenvalue weighted by Crippen LogP contribution is 2.37. The van der Waals surface area contributed by atoms with Gasteiger partial charge in [-0.2, -0.15) is 5.26 Å². The molecule has 24 heavy (non-hydrogen) atoms. The number of nitriles is 1. The van der Waals surface area contributed by atoms with Gasteiger partial charge in [-0.15, -0.1) is 6.42 Å². The maximum atomic E-state index is 9.44. The highest BCUT2D eigenvalue weighted by Gasteiger charge is 2.11. The van der Waals surface area contributed by atoms with Gasteiger partial charge in [-0.05, 0) is 57.4 Å². The topological polar surface area (TPSA) is 42.2 Å². The standard InChI is InChI=1S/C19H13BrClNO2/c1-3-8-24-19-17(20)10-13(11-18(19)23-2)9-15(12-22)14-4-6-16(21)7-5-14/h1,4-7,9-11H,8H2,2H3/b15-9+. The molecule has 0 amide bonds. The van der Waals surface area contributed by atoms with E-state index in [4.69, 9.17) is 27.5 Å². The molecule has 0 atom stereocenters. The average Bonchev–Trinajstić information content (AvgIpc) is 2.59. The molecule has 0 spiro atoms. The molecule has 5 heteroatoms. The number of halogens is 2. The van der Waals surface area contributed by atoms with E-state index in [0.717, 1.165) is 11.1 Å². The molecular formula is C19H13BrClNO2. The van der Waals surface area contributed by atoms with E-state index in [2.05, 4.69) is 27.9 Å². The molecule has 0 heterocycles. The molecule has 0 aromatic heterocycles. The van der Waals surface area contributed by atoms with Crippen molar-refractivity contribution in [1.29, 1.82) is 5.26 Å². The maximum absolute atomic E-state index is 9.44. The summed E-state index contributed by atoms with van der Waals surface area (Å²) in [6.07, 6.45) is 6.99. The van der Waals surface area contributed by atoms with Crippen molar-refractivity contribution in [2.75, 3.05) is 13.7 Å². The molecule has 0 aliphatic carbocycles. The highest BCUT2D eigenvalue weighted by molar-refractivity contribution is 9.10. The number of ether oxygens (including phenoxy) is 2. The summed E-state index contributed by atoms with van der Waals surface area (Å²) in [6, 6.07) is 12.9. The average molecular weight is 403 g/mol. The monoisotopic (exact) mass is 401 g/mol. The second-order valence-electron chi connectivity index (χ2n) is 4.70. The number of nitrogens with zero attached hydrogens (tertiary/aromatic N) is 1. The van der Waals surface area contributed by atoms with Crippen molar-refractivity contribution in [3.05, 3.63) is 57.0 Å². The molecule has 0 unspecified atom stereocenters. The van der Waals surface area contributed by atoms with Crippen LogP contribution in [0.3, 0.4) is 0 Å². The van der Waals surface area contributed by atoms with E-state index in [-0.39, 0.29) is 6.61 Å². The van der Waals surface area contributed by atoms with Crippen LogP contribution in [0.4, 0.5) is 0 Å². The summed E-state index contributed by atoms with van der Waals surface area (Å²) in [5.74, 6) is 3.46. The van der Waals surface area contributed by atoms with Crippen molar-refractivity contribution < 1.29 is 9.47 Å². The first-order valence-corrected chi connectivity index (χ1v) is 8.07. The number of rotatable bonds is 5. The van der Waals surface area contributed by atoms with Crippen LogP contribution in [0.5, 0.6) is 11.5 Å². The number of benzene rings is 2. The summed E-state index contributed by atoms with van der Waals surface area (Å²) in [7, 11) is 1.54. The Morgan fingerprint density at radius 1 is 1.33 bits per heavy atom. The van der Waals surface area contributed by atoms with Crippen LogP contribution in [0.2, 0.25) is 5.02 Å². The van der Waals surface area contributed by atoms with Gasteiger partial charge >= 0.3 is 0 Å². The minimum absolute atomic E-state index is 0.137. The summed E-state index contributed by atoms with van der Waals surface area (Å²) in [4.78, 5) is 0. The van der Waals surface area contributed by atoms with E-state index in [0.29, 0.717) is 26.6 Å². The van der Waals surface area contributed by atoms with E-state index in [9.17, 15) is 5.26 Å². The van der Waals surface area contributed by atoms with Gasteiger partial charge < -0.3 is 9.47 Å². The Hall–Kier alpha value is -2.40. The number of methoxy groups -OCH3 is 1. The van der Waals surface area contributed by atoms with Gasteiger partial charge in [0.2, 0.25) is 0 Å². The van der Waals surface area contributed by atoms with Crippen LogP contribution in [-0.4, -0.2) is 13.7 Å². The first-order chi connectivity index (χ1) is 11.6. The SMILES string of the molecule is C#CCOc1c(Br)cc(/C=C(\C#N)c2ccc(Cl)cc2)cc1OC. The van der Waals surface area contributed by atoms with E-state index in [1.807, 2.05) is 6.07 Å². The normalized spacial score (nSPS) is 10.6. The van der Waals surface area contributed by atoms with E-state index in [1.165, 1.54) is 0 Å². The Labute approximate surface area is 154 Å². The Kier molecular flexibility index (Phi) is 6.32. The molecule has 0 aliphatic heterocycles. The predicted octanol–water partition coefficient (Wildman–Crippen LogP) is 5.19. The lowest BCUT2D eigenvalue weighted by molar-refractivity contribution is 0.329. The summed E-state index contributed by atoms with van der Waals surface area (Å²) in [5.41, 5.74) is 2.08. The Morgan fingerprint density at radius 3 is 2.62 bits per heavy atom. The van der Waals surface area contributed by atoms with Gasteiger partial charge in [-0.3, -0.25) is 0 Å². The van der Waals surface area contributed by atoms with Crippen molar-refractivity contribution in [2.24, 2.45) is 0 Å². The highest BCUT2D eigenvalue weighted by atomic mass is 79.9. The van der Waals surface area contributed by atoms with Gasteiger partial charge in [0.15, 0.2) is 11.5 Å². The van der Waals surface area contributed by atoms with E-state index >= 15 is 0 Å². The smallest absolute Gasteiger partial charge is 0.176 e. The fourth-order valence-corrected chi connectivity index (χ4v) is 2.75. The van der Waals surface area contributed by atoms with Crippen LogP contribution in [-0.2, 0) is 0 Å². The molecule has 120 valence electrons. The molecule has 0 aliphatic rings. The first-order valence-electron chi connectivity index (χ1n) is 6.90. The van der Waals surface area contributed by atoms with Crippen LogP contribution in [0.15, 0.2) is 40.9 Å². The number of allylic oxidation sites excluding steroid dienone is 1. The zero-order chi connectivity index (χ0) is 17.5. The minimum Gasteiger partial charge on any atom is -0.493 e. The lowest BCUT2D eigenvalue weighted by Gasteiger charge is -2.12. The second kappa shape index (κ2) is 8.45. The zero-order valence-electron chi connectivity index (χ0n) is 12.8. The lowest BCUT2D eigenvalue weighted by atomic mass is 10.0. The molecule has 0 saturated heterocycles. The third-order valence-electron chi connectivity index (χ3n) is 3.14. The Morgan fingerprint density at radius 2 is 2.04 bits per heavy atom. The van der Waals surface area contributed by atoms with Gasteiger partial charge in [0, 0.05) is 5.02 Å². The summed E-state index contributed by atoms with van der Waals surface area (Å²) in [5, 5.41) is 10.1. The third kappa shape index (κ3) is 4.32. The second-order valence-corrected chi connectivity index (χ2v) is 5.99. The van der Waals surface area contributed by atoms with Crippen molar-refractivity contribution in [3.8, 4) is 29.9 Å². The van der Waals surface area contributed by atoms with Crippen LogP contribution in [0, 0.1) is 23.7 Å². The molecule has 2 aromatic carbocycles. The van der Waals surface area contributed by atoms with Gasteiger partial charge in [-0.1, -0.05) is 29.7 Å². The molecule has 0 radical (unpaired) electrons. The van der Waals surface area contributed by atoms with E-state index in [1.54, 1.807) is 43.5 Å². The van der Waals surface area contributed by atoms with Crippen LogP contribution in [0.1, 0.15) is 11.1 Å². The van der Waals surface area contributed by atoms with Crippen molar-refractivity contribution in [2.45, 2.75) is 0 Å². The van der Waals surface area contributed by atoms with Crippen LogP contribution < -0.4 is 9.47 Å². The molecule has 2 rings (SSSR count). The summed E-state index contributed by atoms with van der Waals surface area (Å²) < 4.78 is 11.5. The largest absolute Gasteiger partial charge is 0.493 e. The lowest BCUT2D eigenvalue weighted by Crippen LogP contribution is -1.98. The Bertz CT molecular complexity index is 845. The fraction of sp³-hybridized carbons (Fsp3) is 0.105. The third-order valence-corrected chi connectivity index (χ3v) is 3.98. The van der Waals surface area contributed by atoms with E-state index < -0.39 is 0 Å². The number of hydrogen-bond donors (Lipinski definition) is 0. The molecular weight excluding hydrogens is 390 g/mol.